The van der Waals surface area contributed by atoms with E-state index in [0.29, 0.717) is 22.8 Å². The van der Waals surface area contributed by atoms with Crippen molar-refractivity contribution in [1.29, 1.82) is 0 Å². The molecule has 2 aromatic heterocycles. The van der Waals surface area contributed by atoms with Gasteiger partial charge in [0.2, 0.25) is 5.91 Å². The summed E-state index contributed by atoms with van der Waals surface area (Å²) in [6, 6.07) is 3.16. The monoisotopic (exact) mass is 536 g/mol. The molecule has 0 bridgehead atoms. The van der Waals surface area contributed by atoms with Crippen molar-refractivity contribution in [3.63, 3.8) is 0 Å². The van der Waals surface area contributed by atoms with Crippen molar-refractivity contribution >= 4 is 11.8 Å². The van der Waals surface area contributed by atoms with Crippen LogP contribution in [0.1, 0.15) is 47.6 Å². The molecule has 0 spiro atoms. The first kappa shape index (κ1) is 28.5. The molecule has 14 heteroatoms. The molecule has 2 aromatic rings. The lowest BCUT2D eigenvalue weighted by molar-refractivity contribution is -0.134. The quantitative estimate of drug-likeness (QED) is 0.298. The molecule has 38 heavy (non-hydrogen) atoms. The van der Waals surface area contributed by atoms with Crippen LogP contribution >= 0.6 is 0 Å². The number of hydrogen-bond donors (Lipinski definition) is 4. The number of carbonyl (C=O) groups excluding carboxylic acids is 2. The number of hydrogen-bond acceptors (Lipinski definition) is 8. The minimum absolute atomic E-state index is 0.0277. The molecule has 1 atom stereocenters. The summed E-state index contributed by atoms with van der Waals surface area (Å²) in [5, 5.41) is 12.3. The highest BCUT2D eigenvalue weighted by molar-refractivity contribution is 5.91. The fourth-order valence-corrected chi connectivity index (χ4v) is 3.67. The van der Waals surface area contributed by atoms with Crippen molar-refractivity contribution in [2.75, 3.05) is 7.05 Å². The number of nitrogens with one attached hydrogen (secondary N) is 2. The zero-order valence-electron chi connectivity index (χ0n) is 21.1. The Labute approximate surface area is 217 Å². The lowest BCUT2D eigenvalue weighted by Crippen LogP contribution is -2.43. The van der Waals surface area contributed by atoms with Crippen molar-refractivity contribution < 1.29 is 27.5 Å². The maximum absolute atomic E-state index is 14.3. The standard InChI is InChI=1S/C24H31F3N8O3/c1-14-7-18(38-19-10-24(26,27)11-19)8-17(31-14)9-22(36)32-21(29)6-5-16(28)4-3-15(25)12-35-13-20(33-34-35)23(37)30-2/h5-8,13,15,19H,3-4,9-12,28-29H2,1-2H3,(H,30,37)(H,32,36)/b16-5-,21-6+/t15-/m1/s1. The van der Waals surface area contributed by atoms with Crippen molar-refractivity contribution in [3.8, 4) is 5.75 Å². The number of amides is 2. The third kappa shape index (κ3) is 8.78. The van der Waals surface area contributed by atoms with Crippen LogP contribution < -0.4 is 26.8 Å². The Hall–Kier alpha value is -4.10. The second-order valence-electron chi connectivity index (χ2n) is 9.07. The van der Waals surface area contributed by atoms with Crippen LogP contribution in [0.3, 0.4) is 0 Å². The fourth-order valence-electron chi connectivity index (χ4n) is 3.67. The molecule has 2 amide bonds. The number of alkyl halides is 3. The summed E-state index contributed by atoms with van der Waals surface area (Å²) in [6.07, 6.45) is 1.89. The number of pyridine rings is 1. The summed E-state index contributed by atoms with van der Waals surface area (Å²) in [5.74, 6) is -3.15. The lowest BCUT2D eigenvalue weighted by Gasteiger charge is -2.34. The number of aryl methyl sites for hydroxylation is 1. The summed E-state index contributed by atoms with van der Waals surface area (Å²) >= 11 is 0. The maximum Gasteiger partial charge on any atom is 0.273 e. The molecule has 1 fully saturated rings. The second kappa shape index (κ2) is 12.4. The molecule has 6 N–H and O–H groups in total. The van der Waals surface area contributed by atoms with E-state index in [-0.39, 0.29) is 50.2 Å². The molecule has 206 valence electrons. The highest BCUT2D eigenvalue weighted by Crippen LogP contribution is 2.39. The Morgan fingerprint density at radius 2 is 2.03 bits per heavy atom. The van der Waals surface area contributed by atoms with Gasteiger partial charge in [0.1, 0.15) is 23.8 Å². The Morgan fingerprint density at radius 1 is 1.29 bits per heavy atom. The molecule has 11 nitrogen and oxygen atoms in total. The number of ether oxygens (including phenoxy) is 1. The minimum Gasteiger partial charge on any atom is -0.490 e. The number of aromatic nitrogens is 4. The van der Waals surface area contributed by atoms with E-state index < -0.39 is 30.0 Å². The first-order valence-electron chi connectivity index (χ1n) is 11.9. The van der Waals surface area contributed by atoms with E-state index >= 15 is 0 Å². The van der Waals surface area contributed by atoms with Gasteiger partial charge in [-0.15, -0.1) is 5.10 Å². The highest BCUT2D eigenvalue weighted by Gasteiger charge is 2.47. The highest BCUT2D eigenvalue weighted by atomic mass is 19.3. The molecule has 1 saturated carbocycles. The van der Waals surface area contributed by atoms with Gasteiger partial charge in [0, 0.05) is 43.4 Å². The van der Waals surface area contributed by atoms with Crippen LogP contribution in [-0.2, 0) is 17.8 Å². The topological polar surface area (TPSA) is 163 Å². The van der Waals surface area contributed by atoms with Gasteiger partial charge in [-0.1, -0.05) is 5.21 Å². The van der Waals surface area contributed by atoms with Crippen molar-refractivity contribution in [3.05, 3.63) is 59.1 Å². The minimum atomic E-state index is -2.69. The smallest absolute Gasteiger partial charge is 0.273 e. The van der Waals surface area contributed by atoms with Crippen LogP contribution in [-0.4, -0.2) is 57.0 Å². The van der Waals surface area contributed by atoms with Crippen LogP contribution in [0.2, 0.25) is 0 Å². The van der Waals surface area contributed by atoms with Gasteiger partial charge < -0.3 is 26.8 Å². The van der Waals surface area contributed by atoms with Crippen LogP contribution in [0.15, 0.2) is 42.0 Å². The number of allylic oxidation sites excluding steroid dienone is 3. The first-order chi connectivity index (χ1) is 17.9. The largest absolute Gasteiger partial charge is 0.490 e. The first-order valence-corrected chi connectivity index (χ1v) is 11.9. The third-order valence-electron chi connectivity index (χ3n) is 5.57. The fraction of sp³-hybridized carbons (Fsp3) is 0.458. The zero-order valence-corrected chi connectivity index (χ0v) is 21.1. The number of nitrogens with two attached hydrogens (primary N) is 2. The van der Waals surface area contributed by atoms with Gasteiger partial charge in [0.15, 0.2) is 5.69 Å². The molecule has 2 heterocycles. The number of carbonyl (C=O) groups is 2. The maximum atomic E-state index is 14.3. The van der Waals surface area contributed by atoms with Crippen LogP contribution in [0.25, 0.3) is 0 Å². The average molecular weight is 537 g/mol. The van der Waals surface area contributed by atoms with Gasteiger partial charge >= 0.3 is 0 Å². The van der Waals surface area contributed by atoms with Crippen LogP contribution in [0.4, 0.5) is 13.2 Å². The van der Waals surface area contributed by atoms with E-state index in [1.54, 1.807) is 13.0 Å². The van der Waals surface area contributed by atoms with E-state index in [0.717, 1.165) is 0 Å². The summed E-state index contributed by atoms with van der Waals surface area (Å²) in [4.78, 5) is 28.1. The molecule has 0 unspecified atom stereocenters. The summed E-state index contributed by atoms with van der Waals surface area (Å²) in [6.45, 7) is 1.62. The van der Waals surface area contributed by atoms with Gasteiger partial charge in [-0.05, 0) is 31.9 Å². The lowest BCUT2D eigenvalue weighted by atomic mass is 9.91. The third-order valence-corrected chi connectivity index (χ3v) is 5.57. The molecule has 3 rings (SSSR count). The molecular formula is C24H31F3N8O3. The van der Waals surface area contributed by atoms with E-state index in [4.69, 9.17) is 16.2 Å². The Bertz CT molecular complexity index is 1210. The van der Waals surface area contributed by atoms with Gasteiger partial charge in [-0.25, -0.2) is 17.9 Å². The van der Waals surface area contributed by atoms with E-state index in [9.17, 15) is 22.8 Å². The molecule has 0 aliphatic heterocycles. The molecule has 0 saturated heterocycles. The summed E-state index contributed by atoms with van der Waals surface area (Å²) in [7, 11) is 1.46. The van der Waals surface area contributed by atoms with Crippen molar-refractivity contribution in [2.45, 2.75) is 63.8 Å². The van der Waals surface area contributed by atoms with Crippen molar-refractivity contribution in [2.24, 2.45) is 11.5 Å². The van der Waals surface area contributed by atoms with Crippen molar-refractivity contribution in [1.82, 2.24) is 30.6 Å². The number of halogens is 3. The van der Waals surface area contributed by atoms with Gasteiger partial charge in [-0.3, -0.25) is 14.6 Å². The second-order valence-corrected chi connectivity index (χ2v) is 9.07. The van der Waals surface area contributed by atoms with Crippen LogP contribution in [0.5, 0.6) is 5.75 Å². The Balaban J connectivity index is 1.44. The Kier molecular flexibility index (Phi) is 9.31. The molecule has 1 aliphatic carbocycles. The number of rotatable bonds is 12. The van der Waals surface area contributed by atoms with E-state index in [2.05, 4.69) is 25.9 Å². The SMILES string of the molecule is CNC(=O)c1cn(C[C@H](F)CC/C(N)=C/C=C(\N)NC(=O)Cc2cc(OC3CC(F)(F)C3)cc(C)n2)nn1. The van der Waals surface area contributed by atoms with E-state index in [1.807, 2.05) is 0 Å². The summed E-state index contributed by atoms with van der Waals surface area (Å²) in [5.41, 5.74) is 13.2. The number of nitrogens with zero attached hydrogens (tertiary/aromatic N) is 4. The predicted octanol–water partition coefficient (Wildman–Crippen LogP) is 1.64. The Morgan fingerprint density at radius 3 is 2.71 bits per heavy atom. The summed E-state index contributed by atoms with van der Waals surface area (Å²) < 4.78 is 47.2. The normalized spacial score (nSPS) is 16.4. The molecule has 0 aromatic carbocycles. The average Bonchev–Trinajstić information content (AvgIpc) is 3.27. The molecule has 1 aliphatic rings. The molecular weight excluding hydrogens is 505 g/mol. The van der Waals surface area contributed by atoms with Gasteiger partial charge in [-0.2, -0.15) is 0 Å². The van der Waals surface area contributed by atoms with Gasteiger partial charge in [0.25, 0.3) is 11.8 Å². The van der Waals surface area contributed by atoms with E-state index in [1.165, 1.54) is 36.1 Å². The van der Waals surface area contributed by atoms with Crippen LogP contribution in [0, 0.1) is 6.92 Å². The van der Waals surface area contributed by atoms with Gasteiger partial charge in [0.05, 0.1) is 24.9 Å². The zero-order chi connectivity index (χ0) is 27.9. The predicted molar refractivity (Wildman–Crippen MR) is 132 cm³/mol. The molecule has 0 radical (unpaired) electrons.